The van der Waals surface area contributed by atoms with Gasteiger partial charge < -0.3 is 112 Å². The van der Waals surface area contributed by atoms with Crippen LogP contribution >= 0.6 is 11.8 Å². The van der Waals surface area contributed by atoms with Gasteiger partial charge >= 0.3 is 5.97 Å². The van der Waals surface area contributed by atoms with Crippen LogP contribution in [0.3, 0.4) is 0 Å². The van der Waals surface area contributed by atoms with Crippen LogP contribution < -0.4 is 91.6 Å². The Bertz CT molecular complexity index is 4550. The first kappa shape index (κ1) is 93.0. The number of para-hydroxylation sites is 2. The highest BCUT2D eigenvalue weighted by Gasteiger charge is 2.39. The lowest BCUT2D eigenvalue weighted by Gasteiger charge is -2.29. The number of carboxylic acids is 1. The first-order valence-electron chi connectivity index (χ1n) is 39.3. The molecule has 0 aliphatic carbocycles. The molecule has 38 heteroatoms. The number of benzene rings is 4. The number of thioether (sulfide) groups is 1. The largest absolute Gasteiger partial charge is 0.481 e. The summed E-state index contributed by atoms with van der Waals surface area (Å²) in [6, 6.07) is 9.58. The molecule has 118 heavy (non-hydrogen) atoms. The number of hydrogen-bond donors (Lipinski definition) is 22. The molecular formula is C80H110N20O17S. The van der Waals surface area contributed by atoms with Crippen molar-refractivity contribution in [1.29, 1.82) is 5.41 Å². The summed E-state index contributed by atoms with van der Waals surface area (Å²) < 4.78 is 0. The molecule has 0 unspecified atom stereocenters. The van der Waals surface area contributed by atoms with Crippen LogP contribution in [0, 0.1) is 17.2 Å². The Morgan fingerprint density at radius 1 is 0.508 bits per heavy atom. The first-order chi connectivity index (χ1) is 56.4. The van der Waals surface area contributed by atoms with Crippen molar-refractivity contribution in [3.63, 3.8) is 0 Å². The summed E-state index contributed by atoms with van der Waals surface area (Å²) in [5.74, 6) is -17.6. The summed E-state index contributed by atoms with van der Waals surface area (Å²) in [6.07, 6.45) is 2.74. The Hall–Kier alpha value is -12.2. The number of nitrogens with two attached hydrogens (primary N) is 3. The van der Waals surface area contributed by atoms with Gasteiger partial charge in [0.1, 0.15) is 66.5 Å². The highest BCUT2D eigenvalue weighted by atomic mass is 32.2. The molecule has 6 aromatic rings. The maximum atomic E-state index is 15.1. The van der Waals surface area contributed by atoms with Crippen molar-refractivity contribution < 1.29 is 82.1 Å². The van der Waals surface area contributed by atoms with Crippen LogP contribution in [0.5, 0.6) is 0 Å². The van der Waals surface area contributed by atoms with Crippen LogP contribution in [0.1, 0.15) is 116 Å². The van der Waals surface area contributed by atoms with Gasteiger partial charge in [-0.25, -0.2) is 0 Å². The van der Waals surface area contributed by atoms with Gasteiger partial charge in [0, 0.05) is 65.8 Å². The van der Waals surface area contributed by atoms with Crippen molar-refractivity contribution in [3.8, 4) is 0 Å². The number of rotatable bonds is 24. The van der Waals surface area contributed by atoms with Gasteiger partial charge in [-0.1, -0.05) is 133 Å². The monoisotopic (exact) mass is 1650 g/mol. The number of H-pyrrole nitrogens is 2. The number of aliphatic hydroxyl groups is 1. The number of guanidine groups is 1. The molecule has 12 atom stereocenters. The minimum Gasteiger partial charge on any atom is -0.481 e. The standard InChI is InChI=1S/C80H110N20O17S/c1-6-8-22-55-72(110)92-56(25-15-16-29-81)73(111)94-59(34-49-37-87-53-24-14-12-21-51(49)53)77(115)99-67(43(3)4)78(116)98-62(69(82)107)41-118-42-65(104)88-38-63(102)91-57(32-45-27-28-46-18-9-10-19-47(46)31-45)76(114)100-68(44(5)7-2)79(117)97-61(40-101)70(108)89-39-64(103)90-54(26-17-30-85-80(83)84)71(109)96-60(35-66(105)106)75(113)95-58(74(112)93-55)33-48-36-86-52-23-13-11-20-50(48)52/h9-14,18-21,23-24,27-28,31,36-37,43-44,54-62,67-68,86-87,101H,6-8,15-17,22,25-26,29-30,32-35,38-42,81H2,1-5H3,(H2,82,107)(H,88,104)(H,89,108)(H,90,103)(H,91,102)(H,92,110)(H,93,112)(H,94,111)(H,95,113)(H,96,109)(H,97,117)(H,98,116)(H,99,115)(H,100,114)(H,105,106)(H4,83,84,85)/t44-,54-,55+,56-,57+,58-,59-,60+,61-,62-,67-,68-/m0/s1. The van der Waals surface area contributed by atoms with Crippen molar-refractivity contribution in [2.45, 2.75) is 185 Å². The average Bonchev–Trinajstić information content (AvgIpc) is 1.71. The zero-order valence-corrected chi connectivity index (χ0v) is 67.4. The third-order valence-electron chi connectivity index (χ3n) is 20.0. The van der Waals surface area contributed by atoms with Crippen molar-refractivity contribution in [3.05, 3.63) is 120 Å². The second-order valence-electron chi connectivity index (χ2n) is 29.4. The molecule has 0 bridgehead atoms. The molecule has 1 saturated heterocycles. The van der Waals surface area contributed by atoms with Gasteiger partial charge in [0.25, 0.3) is 0 Å². The summed E-state index contributed by atoms with van der Waals surface area (Å²) in [7, 11) is 0. The number of carbonyl (C=O) groups is 15. The molecule has 638 valence electrons. The number of unbranched alkanes of at least 4 members (excludes halogenated alkanes) is 2. The normalized spacial score (nSPS) is 22.8. The number of hydrogen-bond acceptors (Lipinski definition) is 19. The third kappa shape index (κ3) is 28.6. The molecule has 3 heterocycles. The maximum Gasteiger partial charge on any atom is 0.305 e. The highest BCUT2D eigenvalue weighted by Crippen LogP contribution is 2.24. The lowest BCUT2D eigenvalue weighted by molar-refractivity contribution is -0.141. The van der Waals surface area contributed by atoms with E-state index in [2.05, 4.69) is 84.4 Å². The topological polar surface area (TPSA) is 598 Å². The molecule has 0 radical (unpaired) electrons. The zero-order valence-electron chi connectivity index (χ0n) is 66.6. The van der Waals surface area contributed by atoms with E-state index in [9.17, 15) is 72.5 Å². The Kier molecular flexibility index (Phi) is 36.7. The van der Waals surface area contributed by atoms with E-state index in [4.69, 9.17) is 22.6 Å². The molecule has 2 aromatic heterocycles. The molecule has 1 fully saturated rings. The fourth-order valence-electron chi connectivity index (χ4n) is 13.2. The lowest BCUT2D eigenvalue weighted by atomic mass is 9.96. The SMILES string of the molecule is CCCC[C@H]1NC(=O)[C@H](Cc2c[nH]c3ccccc23)NC(=O)[C@@H](CC(=O)O)NC(=O)[C@H](CCCNC(=N)N)NC(=O)CNC(=O)[C@H](CO)NC(=O)[C@H]([C@@H](C)CC)NC(=O)[C@@H](Cc2ccc3ccccc3c2)NC(=O)CNC(=O)CSC[C@@H](C(N)=O)NC(=O)[C@H](C(C)C)NC(=O)[C@H](Cc2c[nH]c3ccccc23)NC(=O)[C@H](CCCCN)NC1=O. The van der Waals surface area contributed by atoms with Gasteiger partial charge in [-0.3, -0.25) is 77.3 Å². The quantitative estimate of drug-likeness (QED) is 0.0184. The van der Waals surface area contributed by atoms with Crippen LogP contribution in [0.25, 0.3) is 32.6 Å². The molecule has 0 saturated carbocycles. The Morgan fingerprint density at radius 2 is 0.983 bits per heavy atom. The third-order valence-corrected chi connectivity index (χ3v) is 21.0. The molecule has 0 spiro atoms. The highest BCUT2D eigenvalue weighted by molar-refractivity contribution is 8.00. The molecule has 25 N–H and O–H groups in total. The van der Waals surface area contributed by atoms with E-state index in [1.54, 1.807) is 107 Å². The van der Waals surface area contributed by atoms with E-state index in [0.29, 0.717) is 57.8 Å². The van der Waals surface area contributed by atoms with E-state index in [1.807, 2.05) is 31.2 Å². The number of primary amides is 1. The summed E-state index contributed by atoms with van der Waals surface area (Å²) in [6.45, 7) is 5.82. The van der Waals surface area contributed by atoms with Crippen LogP contribution in [0.15, 0.2) is 103 Å². The Labute approximate surface area is 685 Å². The predicted molar refractivity (Wildman–Crippen MR) is 441 cm³/mol. The van der Waals surface area contributed by atoms with Gasteiger partial charge in [-0.15, -0.1) is 11.8 Å². The number of aliphatic carboxylic acids is 1. The van der Waals surface area contributed by atoms with E-state index < -0.39 is 205 Å². The second kappa shape index (κ2) is 46.5. The van der Waals surface area contributed by atoms with Gasteiger partial charge in [-0.2, -0.15) is 0 Å². The first-order valence-corrected chi connectivity index (χ1v) is 40.5. The molecule has 1 aliphatic heterocycles. The van der Waals surface area contributed by atoms with Crippen molar-refractivity contribution in [2.75, 3.05) is 44.3 Å². The summed E-state index contributed by atoms with van der Waals surface area (Å²) in [5, 5.41) is 67.5. The summed E-state index contributed by atoms with van der Waals surface area (Å²) >= 11 is 0.852. The molecule has 14 amide bonds. The van der Waals surface area contributed by atoms with Crippen molar-refractivity contribution in [2.24, 2.45) is 29.0 Å². The second-order valence-corrected chi connectivity index (χ2v) is 30.4. The molecule has 1 aliphatic rings. The maximum absolute atomic E-state index is 15.1. The zero-order chi connectivity index (χ0) is 86.1. The van der Waals surface area contributed by atoms with Crippen molar-refractivity contribution in [1.82, 2.24) is 84.4 Å². The molecule has 7 rings (SSSR count). The van der Waals surface area contributed by atoms with Crippen LogP contribution in [-0.4, -0.2) is 226 Å². The molecule has 4 aromatic carbocycles. The number of aliphatic hydroxyl groups excluding tert-OH is 1. The Balaban J connectivity index is 1.25. The minimum absolute atomic E-state index is 0.00882. The van der Waals surface area contributed by atoms with Gasteiger partial charge in [0.2, 0.25) is 82.7 Å². The van der Waals surface area contributed by atoms with E-state index in [1.165, 1.54) is 0 Å². The minimum atomic E-state index is -2.00. The van der Waals surface area contributed by atoms with Gasteiger partial charge in [0.15, 0.2) is 5.96 Å². The number of aromatic amines is 2. The van der Waals surface area contributed by atoms with Crippen LogP contribution in [-0.2, 0) is 91.2 Å². The lowest BCUT2D eigenvalue weighted by Crippen LogP contribution is -2.61. The summed E-state index contributed by atoms with van der Waals surface area (Å²) in [5.41, 5.74) is 20.2. The number of fused-ring (bicyclic) bond motifs is 3. The average molecular weight is 1660 g/mol. The van der Waals surface area contributed by atoms with E-state index in [0.717, 1.165) is 22.5 Å². The fourth-order valence-corrected chi connectivity index (χ4v) is 14.1. The fraction of sp³-hybridized carbons (Fsp3) is 0.475. The summed E-state index contributed by atoms with van der Waals surface area (Å²) in [4.78, 5) is 220. The molecule has 37 nitrogen and oxygen atoms in total. The van der Waals surface area contributed by atoms with Crippen LogP contribution in [0.2, 0.25) is 0 Å². The number of carboxylic acid groups (broad SMARTS) is 1. The van der Waals surface area contributed by atoms with Gasteiger partial charge in [-0.05, 0) is 96.5 Å². The Morgan fingerprint density at radius 3 is 1.53 bits per heavy atom. The number of aromatic nitrogens is 2. The number of nitrogens with one attached hydrogen (secondary N) is 17. The number of amides is 14. The number of carbonyl (C=O) groups excluding carboxylic acids is 14. The predicted octanol–water partition coefficient (Wildman–Crippen LogP) is -1.62. The molecular weight excluding hydrogens is 1550 g/mol. The smallest absolute Gasteiger partial charge is 0.305 e. The van der Waals surface area contributed by atoms with E-state index >= 15 is 9.59 Å². The van der Waals surface area contributed by atoms with Crippen LogP contribution in [0.4, 0.5) is 0 Å². The van der Waals surface area contributed by atoms with Crippen molar-refractivity contribution >= 4 is 139 Å². The van der Waals surface area contributed by atoms with E-state index in [-0.39, 0.29) is 76.6 Å². The van der Waals surface area contributed by atoms with Gasteiger partial charge in [0.05, 0.1) is 31.9 Å².